The van der Waals surface area contributed by atoms with Gasteiger partial charge in [-0.3, -0.25) is 9.36 Å². The van der Waals surface area contributed by atoms with Crippen LogP contribution in [0, 0.1) is 17.4 Å². The molecule has 0 aliphatic rings. The van der Waals surface area contributed by atoms with Crippen LogP contribution in [0.5, 0.6) is 5.75 Å². The van der Waals surface area contributed by atoms with Crippen LogP contribution in [0.4, 0.5) is 4.39 Å². The number of nitrogens with zero attached hydrogens (tertiary/aromatic N) is 3. The minimum absolute atomic E-state index is 0.232. The minimum Gasteiger partial charge on any atom is -0.497 e. The first-order chi connectivity index (χ1) is 12.0. The first-order valence-electron chi connectivity index (χ1n) is 7.46. The molecule has 0 bridgehead atoms. The summed E-state index contributed by atoms with van der Waals surface area (Å²) in [5.74, 6) is 0.649. The Balaban J connectivity index is 2.26. The molecule has 0 unspecified atom stereocenters. The van der Waals surface area contributed by atoms with Gasteiger partial charge in [0.05, 0.1) is 30.0 Å². The van der Waals surface area contributed by atoms with Crippen LogP contribution in [0.3, 0.4) is 0 Å². The summed E-state index contributed by atoms with van der Waals surface area (Å²) < 4.78 is 20.1. The van der Waals surface area contributed by atoms with E-state index < -0.39 is 11.6 Å². The maximum atomic E-state index is 14.1. The fourth-order valence-electron chi connectivity index (χ4n) is 2.51. The first-order valence-corrected chi connectivity index (χ1v) is 7.46. The van der Waals surface area contributed by atoms with E-state index in [-0.39, 0.29) is 11.3 Å². The summed E-state index contributed by atoms with van der Waals surface area (Å²) in [6, 6.07) is 15.4. The number of nitriles is 1. The van der Waals surface area contributed by atoms with E-state index in [2.05, 4.69) is 4.98 Å². The standard InChI is InChI=1S/C19H14FN3O2/c1-23-18(24)16(13-7-9-15(25-2)10-8-13)17(22-19(23)20)14-5-3-12(11-21)4-6-14/h3-10H,1-2H3. The van der Waals surface area contributed by atoms with E-state index in [9.17, 15) is 9.18 Å². The van der Waals surface area contributed by atoms with Crippen molar-refractivity contribution in [3.05, 3.63) is 70.5 Å². The maximum absolute atomic E-state index is 14.1. The van der Waals surface area contributed by atoms with Gasteiger partial charge in [0.2, 0.25) is 0 Å². The second-order valence-electron chi connectivity index (χ2n) is 5.39. The third-order valence-corrected chi connectivity index (χ3v) is 3.90. The summed E-state index contributed by atoms with van der Waals surface area (Å²) >= 11 is 0. The molecule has 124 valence electrons. The summed E-state index contributed by atoms with van der Waals surface area (Å²) in [4.78, 5) is 16.6. The summed E-state index contributed by atoms with van der Waals surface area (Å²) in [7, 11) is 2.88. The molecule has 0 saturated heterocycles. The third-order valence-electron chi connectivity index (χ3n) is 3.90. The second-order valence-corrected chi connectivity index (χ2v) is 5.39. The number of methoxy groups -OCH3 is 1. The van der Waals surface area contributed by atoms with E-state index in [1.54, 1.807) is 55.6 Å². The van der Waals surface area contributed by atoms with Gasteiger partial charge in [-0.15, -0.1) is 0 Å². The Morgan fingerprint density at radius 1 is 1.08 bits per heavy atom. The molecule has 0 aliphatic heterocycles. The molecule has 0 spiro atoms. The first kappa shape index (κ1) is 16.4. The molecule has 5 nitrogen and oxygen atoms in total. The number of ether oxygens (including phenoxy) is 1. The Morgan fingerprint density at radius 2 is 1.68 bits per heavy atom. The van der Waals surface area contributed by atoms with Crippen LogP contribution in [0.1, 0.15) is 5.56 Å². The normalized spacial score (nSPS) is 10.3. The fraction of sp³-hybridized carbons (Fsp3) is 0.105. The average molecular weight is 335 g/mol. The number of halogens is 1. The van der Waals surface area contributed by atoms with Crippen molar-refractivity contribution in [2.24, 2.45) is 7.05 Å². The van der Waals surface area contributed by atoms with Gasteiger partial charge in [-0.2, -0.15) is 9.65 Å². The molecule has 0 radical (unpaired) electrons. The fourth-order valence-corrected chi connectivity index (χ4v) is 2.51. The van der Waals surface area contributed by atoms with Crippen molar-refractivity contribution < 1.29 is 9.13 Å². The molecule has 0 atom stereocenters. The van der Waals surface area contributed by atoms with Gasteiger partial charge in [-0.05, 0) is 29.8 Å². The van der Waals surface area contributed by atoms with Crippen molar-refractivity contribution in [1.29, 1.82) is 5.26 Å². The smallest absolute Gasteiger partial charge is 0.292 e. The predicted molar refractivity (Wildman–Crippen MR) is 91.6 cm³/mol. The maximum Gasteiger partial charge on any atom is 0.292 e. The van der Waals surface area contributed by atoms with Gasteiger partial charge in [0.25, 0.3) is 11.6 Å². The Labute approximate surface area is 143 Å². The molecule has 1 aromatic heterocycles. The van der Waals surface area contributed by atoms with Crippen LogP contribution < -0.4 is 10.3 Å². The molecule has 6 heteroatoms. The lowest BCUT2D eigenvalue weighted by Crippen LogP contribution is -2.24. The molecule has 0 fully saturated rings. The summed E-state index contributed by atoms with van der Waals surface area (Å²) in [6.07, 6.45) is -0.873. The zero-order chi connectivity index (χ0) is 18.0. The van der Waals surface area contributed by atoms with Crippen LogP contribution in [0.2, 0.25) is 0 Å². The lowest BCUT2D eigenvalue weighted by Gasteiger charge is -2.12. The third kappa shape index (κ3) is 3.00. The molecular weight excluding hydrogens is 321 g/mol. The van der Waals surface area contributed by atoms with Gasteiger partial charge < -0.3 is 4.74 Å². The quantitative estimate of drug-likeness (QED) is 0.690. The lowest BCUT2D eigenvalue weighted by molar-refractivity contribution is 0.415. The summed E-state index contributed by atoms with van der Waals surface area (Å²) in [5.41, 5.74) is 1.66. The van der Waals surface area contributed by atoms with Gasteiger partial charge >= 0.3 is 0 Å². The highest BCUT2D eigenvalue weighted by Gasteiger charge is 2.18. The Bertz CT molecular complexity index is 1020. The molecule has 2 aromatic carbocycles. The van der Waals surface area contributed by atoms with Gasteiger partial charge in [-0.1, -0.05) is 24.3 Å². The highest BCUT2D eigenvalue weighted by Crippen LogP contribution is 2.29. The van der Waals surface area contributed by atoms with Crippen molar-refractivity contribution >= 4 is 0 Å². The van der Waals surface area contributed by atoms with Gasteiger partial charge in [-0.25, -0.2) is 4.98 Å². The molecule has 3 aromatic rings. The van der Waals surface area contributed by atoms with Crippen molar-refractivity contribution in [2.75, 3.05) is 7.11 Å². The van der Waals surface area contributed by atoms with Crippen LogP contribution in [0.25, 0.3) is 22.4 Å². The van der Waals surface area contributed by atoms with E-state index in [0.29, 0.717) is 22.4 Å². The number of aromatic nitrogens is 2. The second kappa shape index (κ2) is 6.57. The van der Waals surface area contributed by atoms with Crippen molar-refractivity contribution in [3.63, 3.8) is 0 Å². The number of hydrogen-bond donors (Lipinski definition) is 0. The Morgan fingerprint density at radius 3 is 2.24 bits per heavy atom. The van der Waals surface area contributed by atoms with Crippen molar-refractivity contribution in [1.82, 2.24) is 9.55 Å². The molecule has 1 heterocycles. The van der Waals surface area contributed by atoms with E-state index in [4.69, 9.17) is 10.00 Å². The monoisotopic (exact) mass is 335 g/mol. The van der Waals surface area contributed by atoms with Crippen LogP contribution in [0.15, 0.2) is 53.3 Å². The Hall–Kier alpha value is -3.46. The topological polar surface area (TPSA) is 67.9 Å². The molecule has 3 rings (SSSR count). The largest absolute Gasteiger partial charge is 0.497 e. The minimum atomic E-state index is -0.873. The highest BCUT2D eigenvalue weighted by molar-refractivity contribution is 5.80. The van der Waals surface area contributed by atoms with Crippen LogP contribution in [-0.4, -0.2) is 16.7 Å². The SMILES string of the molecule is COc1ccc(-c2c(-c3ccc(C#N)cc3)nc(F)n(C)c2=O)cc1. The van der Waals surface area contributed by atoms with Crippen molar-refractivity contribution in [3.8, 4) is 34.2 Å². The highest BCUT2D eigenvalue weighted by atomic mass is 19.1. The van der Waals surface area contributed by atoms with E-state index in [1.807, 2.05) is 6.07 Å². The predicted octanol–water partition coefficient (Wildman–Crippen LogP) is 3.13. The molecule has 0 N–H and O–H groups in total. The van der Waals surface area contributed by atoms with Crippen molar-refractivity contribution in [2.45, 2.75) is 0 Å². The number of hydrogen-bond acceptors (Lipinski definition) is 4. The zero-order valence-electron chi connectivity index (χ0n) is 13.7. The molecular formula is C19H14FN3O2. The van der Waals surface area contributed by atoms with Gasteiger partial charge in [0.1, 0.15) is 5.75 Å². The molecule has 0 aliphatic carbocycles. The zero-order valence-corrected chi connectivity index (χ0v) is 13.7. The lowest BCUT2D eigenvalue weighted by atomic mass is 9.99. The molecule has 0 amide bonds. The Kier molecular flexibility index (Phi) is 4.31. The number of benzene rings is 2. The summed E-state index contributed by atoms with van der Waals surface area (Å²) in [6.45, 7) is 0. The van der Waals surface area contributed by atoms with Gasteiger partial charge in [0, 0.05) is 12.6 Å². The van der Waals surface area contributed by atoms with E-state index >= 15 is 0 Å². The van der Waals surface area contributed by atoms with E-state index in [1.165, 1.54) is 7.05 Å². The number of rotatable bonds is 3. The van der Waals surface area contributed by atoms with Crippen LogP contribution in [-0.2, 0) is 7.05 Å². The van der Waals surface area contributed by atoms with E-state index in [0.717, 1.165) is 4.57 Å². The molecule has 25 heavy (non-hydrogen) atoms. The van der Waals surface area contributed by atoms with Gasteiger partial charge in [0.15, 0.2) is 0 Å². The average Bonchev–Trinajstić information content (AvgIpc) is 2.66. The molecule has 0 saturated carbocycles. The van der Waals surface area contributed by atoms with Crippen LogP contribution >= 0.6 is 0 Å². The summed E-state index contributed by atoms with van der Waals surface area (Å²) in [5, 5.41) is 8.91.